The zero-order valence-corrected chi connectivity index (χ0v) is 12.5. The van der Waals surface area contributed by atoms with Crippen LogP contribution in [0.3, 0.4) is 0 Å². The van der Waals surface area contributed by atoms with Gasteiger partial charge in [-0.2, -0.15) is 0 Å². The molecule has 116 valence electrons. The molecule has 0 fully saturated rings. The Labute approximate surface area is 127 Å². The third-order valence-corrected chi connectivity index (χ3v) is 3.21. The van der Waals surface area contributed by atoms with Gasteiger partial charge < -0.3 is 15.2 Å². The predicted octanol–water partition coefficient (Wildman–Crippen LogP) is 2.39. The molecule has 0 saturated carbocycles. The summed E-state index contributed by atoms with van der Waals surface area (Å²) in [5.41, 5.74) is 0.345. The van der Waals surface area contributed by atoms with E-state index in [0.29, 0.717) is 5.56 Å². The number of carbonyl (C=O) groups excluding carboxylic acids is 1. The molecule has 1 aromatic carbocycles. The van der Waals surface area contributed by atoms with Crippen molar-refractivity contribution in [1.82, 2.24) is 5.32 Å². The van der Waals surface area contributed by atoms with E-state index in [9.17, 15) is 14.0 Å². The van der Waals surface area contributed by atoms with Gasteiger partial charge in [0.1, 0.15) is 5.82 Å². The van der Waals surface area contributed by atoms with Crippen LogP contribution in [-0.2, 0) is 14.3 Å². The summed E-state index contributed by atoms with van der Waals surface area (Å²) < 4.78 is 18.4. The Hall–Kier alpha value is -1.66. The van der Waals surface area contributed by atoms with E-state index in [2.05, 4.69) is 5.32 Å². The highest BCUT2D eigenvalue weighted by molar-refractivity contribution is 6.30. The molecule has 2 unspecified atom stereocenters. The third kappa shape index (κ3) is 5.32. The Morgan fingerprint density at radius 2 is 2.14 bits per heavy atom. The van der Waals surface area contributed by atoms with Crippen LogP contribution >= 0.6 is 11.6 Å². The van der Waals surface area contributed by atoms with E-state index in [1.807, 2.05) is 0 Å². The zero-order valence-electron chi connectivity index (χ0n) is 11.7. The fourth-order valence-corrected chi connectivity index (χ4v) is 1.91. The minimum atomic E-state index is -1.10. The Kier molecular flexibility index (Phi) is 6.58. The molecular weight excluding hydrogens is 301 g/mol. The van der Waals surface area contributed by atoms with E-state index < -0.39 is 23.7 Å². The lowest BCUT2D eigenvalue weighted by molar-refractivity contribution is -0.138. The van der Waals surface area contributed by atoms with Crippen LogP contribution in [0.15, 0.2) is 18.2 Å². The van der Waals surface area contributed by atoms with Crippen molar-refractivity contribution in [2.75, 3.05) is 13.7 Å². The second-order valence-corrected chi connectivity index (χ2v) is 5.10. The highest BCUT2D eigenvalue weighted by Crippen LogP contribution is 2.23. The van der Waals surface area contributed by atoms with Gasteiger partial charge in [-0.05, 0) is 17.7 Å². The van der Waals surface area contributed by atoms with Crippen LogP contribution in [0.25, 0.3) is 0 Å². The van der Waals surface area contributed by atoms with Crippen LogP contribution < -0.4 is 5.32 Å². The Morgan fingerprint density at radius 3 is 2.67 bits per heavy atom. The molecule has 2 N–H and O–H groups in total. The van der Waals surface area contributed by atoms with Gasteiger partial charge in [0.2, 0.25) is 5.91 Å². The van der Waals surface area contributed by atoms with Crippen molar-refractivity contribution in [2.24, 2.45) is 5.92 Å². The lowest BCUT2D eigenvalue weighted by atomic mass is 10.0. The quantitative estimate of drug-likeness (QED) is 0.809. The molecule has 5 nitrogen and oxygen atoms in total. The van der Waals surface area contributed by atoms with Crippen LogP contribution in [0.4, 0.5) is 4.39 Å². The maximum Gasteiger partial charge on any atom is 0.305 e. The summed E-state index contributed by atoms with van der Waals surface area (Å²) in [5, 5.41) is 11.5. The summed E-state index contributed by atoms with van der Waals surface area (Å²) in [5.74, 6) is -2.57. The van der Waals surface area contributed by atoms with Gasteiger partial charge in [-0.25, -0.2) is 4.39 Å². The number of ether oxygens (including phenoxy) is 1. The molecule has 0 radical (unpaired) electrons. The van der Waals surface area contributed by atoms with Crippen LogP contribution in [0, 0.1) is 11.7 Å². The summed E-state index contributed by atoms with van der Waals surface area (Å²) in [6.07, 6.45) is -0.355. The lowest BCUT2D eigenvalue weighted by Gasteiger charge is -2.20. The molecule has 0 aliphatic carbocycles. The first-order valence-electron chi connectivity index (χ1n) is 6.31. The molecule has 1 aromatic rings. The summed E-state index contributed by atoms with van der Waals surface area (Å²) in [7, 11) is 1.47. The number of hydrogen-bond acceptors (Lipinski definition) is 3. The molecule has 0 saturated heterocycles. The molecule has 0 aliphatic rings. The fourth-order valence-electron chi connectivity index (χ4n) is 1.80. The molecule has 2 atom stereocenters. The van der Waals surface area contributed by atoms with Gasteiger partial charge >= 0.3 is 5.97 Å². The number of aliphatic carboxylic acids is 1. The Balaban J connectivity index is 2.92. The SMILES string of the molecule is COCC(C)C(=O)NC(CC(=O)O)c1ccc(Cl)c(F)c1. The molecule has 0 aliphatic heterocycles. The fraction of sp³-hybridized carbons (Fsp3) is 0.429. The van der Waals surface area contributed by atoms with Crippen LogP contribution in [-0.4, -0.2) is 30.7 Å². The second-order valence-electron chi connectivity index (χ2n) is 4.69. The van der Waals surface area contributed by atoms with Crippen molar-refractivity contribution in [2.45, 2.75) is 19.4 Å². The number of rotatable bonds is 7. The van der Waals surface area contributed by atoms with Gasteiger partial charge in [-0.3, -0.25) is 9.59 Å². The molecule has 1 amide bonds. The van der Waals surface area contributed by atoms with Gasteiger partial charge in [0.15, 0.2) is 0 Å². The van der Waals surface area contributed by atoms with Gasteiger partial charge in [0, 0.05) is 7.11 Å². The van der Waals surface area contributed by atoms with Crippen molar-refractivity contribution >= 4 is 23.5 Å². The normalized spacial score (nSPS) is 13.5. The van der Waals surface area contributed by atoms with Gasteiger partial charge in [0.25, 0.3) is 0 Å². The minimum Gasteiger partial charge on any atom is -0.481 e. The van der Waals surface area contributed by atoms with E-state index in [1.165, 1.54) is 19.2 Å². The molecule has 7 heteroatoms. The van der Waals surface area contributed by atoms with Crippen molar-refractivity contribution < 1.29 is 23.8 Å². The number of benzene rings is 1. The van der Waals surface area contributed by atoms with E-state index in [0.717, 1.165) is 6.07 Å². The lowest BCUT2D eigenvalue weighted by Crippen LogP contribution is -2.35. The highest BCUT2D eigenvalue weighted by Gasteiger charge is 2.22. The minimum absolute atomic E-state index is 0.0631. The average Bonchev–Trinajstić information content (AvgIpc) is 2.40. The van der Waals surface area contributed by atoms with Gasteiger partial charge in [-0.1, -0.05) is 24.6 Å². The molecule has 0 aromatic heterocycles. The first-order valence-corrected chi connectivity index (χ1v) is 6.69. The summed E-state index contributed by atoms with van der Waals surface area (Å²) in [6, 6.07) is 3.10. The van der Waals surface area contributed by atoms with Gasteiger partial charge in [0.05, 0.1) is 30.0 Å². The first-order chi connectivity index (χ1) is 9.85. The van der Waals surface area contributed by atoms with Crippen LogP contribution in [0.5, 0.6) is 0 Å². The average molecular weight is 318 g/mol. The molecule has 0 spiro atoms. The van der Waals surface area contributed by atoms with Crippen molar-refractivity contribution in [3.63, 3.8) is 0 Å². The maximum absolute atomic E-state index is 13.5. The topological polar surface area (TPSA) is 75.6 Å². The number of hydrogen-bond donors (Lipinski definition) is 2. The second kappa shape index (κ2) is 7.95. The van der Waals surface area contributed by atoms with Crippen molar-refractivity contribution in [3.8, 4) is 0 Å². The van der Waals surface area contributed by atoms with E-state index in [1.54, 1.807) is 6.92 Å². The zero-order chi connectivity index (χ0) is 16.0. The summed E-state index contributed by atoms with van der Waals surface area (Å²) in [6.45, 7) is 1.86. The summed E-state index contributed by atoms with van der Waals surface area (Å²) in [4.78, 5) is 22.9. The number of amides is 1. The molecule has 21 heavy (non-hydrogen) atoms. The third-order valence-electron chi connectivity index (χ3n) is 2.91. The Bertz CT molecular complexity index is 524. The number of carboxylic acids is 1. The first kappa shape index (κ1) is 17.4. The van der Waals surface area contributed by atoms with Crippen LogP contribution in [0.2, 0.25) is 5.02 Å². The number of methoxy groups -OCH3 is 1. The smallest absolute Gasteiger partial charge is 0.305 e. The van der Waals surface area contributed by atoms with Crippen molar-refractivity contribution in [3.05, 3.63) is 34.6 Å². The van der Waals surface area contributed by atoms with Gasteiger partial charge in [-0.15, -0.1) is 0 Å². The van der Waals surface area contributed by atoms with E-state index >= 15 is 0 Å². The van der Waals surface area contributed by atoms with E-state index in [-0.39, 0.29) is 24.0 Å². The predicted molar refractivity (Wildman–Crippen MR) is 75.6 cm³/mol. The molecule has 0 heterocycles. The molecule has 1 rings (SSSR count). The van der Waals surface area contributed by atoms with Crippen LogP contribution in [0.1, 0.15) is 24.9 Å². The largest absolute Gasteiger partial charge is 0.481 e. The number of halogens is 2. The maximum atomic E-state index is 13.5. The number of carboxylic acid groups (broad SMARTS) is 1. The van der Waals surface area contributed by atoms with Crippen molar-refractivity contribution in [1.29, 1.82) is 0 Å². The monoisotopic (exact) mass is 317 g/mol. The highest BCUT2D eigenvalue weighted by atomic mass is 35.5. The Morgan fingerprint density at radius 1 is 1.48 bits per heavy atom. The van der Waals surface area contributed by atoms with E-state index in [4.69, 9.17) is 21.4 Å². The standard InChI is InChI=1S/C14H17ClFNO4/c1-8(7-21-2)14(20)17-12(6-13(18)19)9-3-4-10(15)11(16)5-9/h3-5,8,12H,6-7H2,1-2H3,(H,17,20)(H,18,19). The summed E-state index contributed by atoms with van der Waals surface area (Å²) >= 11 is 5.59. The number of carbonyl (C=O) groups is 2. The number of nitrogens with one attached hydrogen (secondary N) is 1. The molecule has 0 bridgehead atoms. The molecular formula is C14H17ClFNO4.